The SMILES string of the molecule is CCN(C)c1noc(-c2cnn(-c3ccccc3)c2N)n1. The van der Waals surface area contributed by atoms with E-state index in [9.17, 15) is 0 Å². The molecule has 7 nitrogen and oxygen atoms in total. The molecule has 0 aliphatic heterocycles. The average molecular weight is 284 g/mol. The molecule has 0 fully saturated rings. The van der Waals surface area contributed by atoms with Gasteiger partial charge in [0.1, 0.15) is 11.4 Å². The summed E-state index contributed by atoms with van der Waals surface area (Å²) in [4.78, 5) is 6.21. The molecule has 7 heteroatoms. The highest BCUT2D eigenvalue weighted by atomic mass is 16.5. The van der Waals surface area contributed by atoms with E-state index in [1.54, 1.807) is 10.9 Å². The quantitative estimate of drug-likeness (QED) is 0.788. The number of hydrogen-bond donors (Lipinski definition) is 1. The van der Waals surface area contributed by atoms with Crippen molar-refractivity contribution in [3.05, 3.63) is 36.5 Å². The summed E-state index contributed by atoms with van der Waals surface area (Å²) < 4.78 is 6.91. The molecule has 0 unspecified atom stereocenters. The monoisotopic (exact) mass is 284 g/mol. The van der Waals surface area contributed by atoms with Crippen LogP contribution in [0, 0.1) is 0 Å². The molecule has 3 aromatic rings. The predicted octanol–water partition coefficient (Wildman–Crippen LogP) is 1.96. The van der Waals surface area contributed by atoms with Gasteiger partial charge in [-0.25, -0.2) is 4.68 Å². The van der Waals surface area contributed by atoms with E-state index < -0.39 is 0 Å². The third-order valence-electron chi connectivity index (χ3n) is 3.27. The van der Waals surface area contributed by atoms with Crippen LogP contribution < -0.4 is 10.6 Å². The average Bonchev–Trinajstić information content (AvgIpc) is 3.14. The second kappa shape index (κ2) is 5.28. The first kappa shape index (κ1) is 13.2. The summed E-state index contributed by atoms with van der Waals surface area (Å²) in [6.07, 6.45) is 1.63. The third kappa shape index (κ3) is 2.33. The summed E-state index contributed by atoms with van der Waals surface area (Å²) >= 11 is 0. The number of aromatic nitrogens is 4. The number of rotatable bonds is 4. The van der Waals surface area contributed by atoms with E-state index in [-0.39, 0.29) is 0 Å². The van der Waals surface area contributed by atoms with E-state index in [0.717, 1.165) is 12.2 Å². The zero-order valence-corrected chi connectivity index (χ0v) is 11.9. The van der Waals surface area contributed by atoms with Crippen LogP contribution in [-0.4, -0.2) is 33.5 Å². The van der Waals surface area contributed by atoms with Gasteiger partial charge in [-0.15, -0.1) is 0 Å². The Hall–Kier alpha value is -2.83. The number of nitrogens with zero attached hydrogens (tertiary/aromatic N) is 5. The fourth-order valence-corrected chi connectivity index (χ4v) is 1.92. The second-order valence-electron chi connectivity index (χ2n) is 4.60. The summed E-state index contributed by atoms with van der Waals surface area (Å²) in [6, 6.07) is 9.65. The Morgan fingerprint density at radius 3 is 2.76 bits per heavy atom. The Morgan fingerprint density at radius 1 is 1.29 bits per heavy atom. The molecule has 0 amide bonds. The summed E-state index contributed by atoms with van der Waals surface area (Å²) in [5.74, 6) is 1.36. The van der Waals surface area contributed by atoms with Gasteiger partial charge in [0.15, 0.2) is 0 Å². The summed E-state index contributed by atoms with van der Waals surface area (Å²) in [5, 5.41) is 8.22. The molecule has 21 heavy (non-hydrogen) atoms. The molecule has 0 saturated heterocycles. The molecule has 0 aliphatic rings. The van der Waals surface area contributed by atoms with Crippen LogP contribution in [0.2, 0.25) is 0 Å². The van der Waals surface area contributed by atoms with Crippen LogP contribution in [0.5, 0.6) is 0 Å². The highest BCUT2D eigenvalue weighted by Gasteiger charge is 2.18. The van der Waals surface area contributed by atoms with Gasteiger partial charge in [0.25, 0.3) is 11.8 Å². The van der Waals surface area contributed by atoms with Crippen molar-refractivity contribution >= 4 is 11.8 Å². The van der Waals surface area contributed by atoms with Crippen LogP contribution in [0.1, 0.15) is 6.92 Å². The summed E-state index contributed by atoms with van der Waals surface area (Å²) in [7, 11) is 1.89. The lowest BCUT2D eigenvalue weighted by Gasteiger charge is -2.08. The van der Waals surface area contributed by atoms with Crippen molar-refractivity contribution < 1.29 is 4.52 Å². The minimum atomic E-state index is 0.366. The maximum Gasteiger partial charge on any atom is 0.266 e. The topological polar surface area (TPSA) is 86.0 Å². The molecule has 1 aromatic carbocycles. The van der Waals surface area contributed by atoms with Crippen LogP contribution >= 0.6 is 0 Å². The molecule has 0 aliphatic carbocycles. The van der Waals surface area contributed by atoms with Gasteiger partial charge in [-0.2, -0.15) is 10.1 Å². The van der Waals surface area contributed by atoms with Crippen molar-refractivity contribution in [3.8, 4) is 17.1 Å². The lowest BCUT2D eigenvalue weighted by Crippen LogP contribution is -2.16. The third-order valence-corrected chi connectivity index (χ3v) is 3.27. The summed E-state index contributed by atoms with van der Waals surface area (Å²) in [6.45, 7) is 2.80. The molecule has 0 radical (unpaired) electrons. The number of anilines is 2. The number of benzene rings is 1. The number of nitrogen functional groups attached to an aromatic ring is 1. The van der Waals surface area contributed by atoms with E-state index in [2.05, 4.69) is 15.2 Å². The minimum Gasteiger partial charge on any atom is -0.383 e. The Kier molecular flexibility index (Phi) is 3.31. The second-order valence-corrected chi connectivity index (χ2v) is 4.60. The van der Waals surface area contributed by atoms with Crippen molar-refractivity contribution in [1.82, 2.24) is 19.9 Å². The van der Waals surface area contributed by atoms with Crippen molar-refractivity contribution in [2.24, 2.45) is 0 Å². The number of nitrogens with two attached hydrogens (primary N) is 1. The van der Waals surface area contributed by atoms with Gasteiger partial charge in [-0.1, -0.05) is 18.2 Å². The van der Waals surface area contributed by atoms with E-state index in [0.29, 0.717) is 23.2 Å². The first-order valence-corrected chi connectivity index (χ1v) is 6.65. The molecule has 108 valence electrons. The van der Waals surface area contributed by atoms with Crippen LogP contribution in [0.25, 0.3) is 17.1 Å². The maximum atomic E-state index is 6.14. The van der Waals surface area contributed by atoms with Crippen molar-refractivity contribution in [2.75, 3.05) is 24.2 Å². The molecule has 2 heterocycles. The lowest BCUT2D eigenvalue weighted by atomic mass is 10.3. The van der Waals surface area contributed by atoms with E-state index in [4.69, 9.17) is 10.3 Å². The van der Waals surface area contributed by atoms with Crippen LogP contribution in [0.3, 0.4) is 0 Å². The highest BCUT2D eigenvalue weighted by Crippen LogP contribution is 2.27. The van der Waals surface area contributed by atoms with E-state index in [1.807, 2.05) is 49.2 Å². The van der Waals surface area contributed by atoms with Crippen LogP contribution in [-0.2, 0) is 0 Å². The Morgan fingerprint density at radius 2 is 2.05 bits per heavy atom. The van der Waals surface area contributed by atoms with E-state index >= 15 is 0 Å². The first-order chi connectivity index (χ1) is 10.2. The van der Waals surface area contributed by atoms with Gasteiger partial charge in [0.2, 0.25) is 0 Å². The Labute approximate surface area is 122 Å². The van der Waals surface area contributed by atoms with Crippen molar-refractivity contribution in [2.45, 2.75) is 6.92 Å². The van der Waals surface area contributed by atoms with Gasteiger partial charge in [0.05, 0.1) is 11.9 Å². The minimum absolute atomic E-state index is 0.366. The van der Waals surface area contributed by atoms with Crippen LogP contribution in [0.15, 0.2) is 41.1 Å². The Bertz CT molecular complexity index is 733. The molecule has 0 saturated carbocycles. The Balaban J connectivity index is 1.97. The zero-order valence-electron chi connectivity index (χ0n) is 11.9. The highest BCUT2D eigenvalue weighted by molar-refractivity contribution is 5.69. The molecular formula is C14H16N6O. The maximum absolute atomic E-state index is 6.14. The smallest absolute Gasteiger partial charge is 0.266 e. The summed E-state index contributed by atoms with van der Waals surface area (Å²) in [5.41, 5.74) is 7.65. The molecule has 2 N–H and O–H groups in total. The zero-order chi connectivity index (χ0) is 14.8. The number of para-hydroxylation sites is 1. The molecule has 2 aromatic heterocycles. The van der Waals surface area contributed by atoms with Crippen molar-refractivity contribution in [3.63, 3.8) is 0 Å². The van der Waals surface area contributed by atoms with E-state index in [1.165, 1.54) is 0 Å². The predicted molar refractivity (Wildman–Crippen MR) is 80.2 cm³/mol. The molecule has 0 bridgehead atoms. The fraction of sp³-hybridized carbons (Fsp3) is 0.214. The van der Waals surface area contributed by atoms with Gasteiger partial charge >= 0.3 is 0 Å². The van der Waals surface area contributed by atoms with Gasteiger partial charge in [-0.3, -0.25) is 0 Å². The largest absolute Gasteiger partial charge is 0.383 e. The van der Waals surface area contributed by atoms with Gasteiger partial charge in [-0.05, 0) is 24.2 Å². The molecular weight excluding hydrogens is 268 g/mol. The number of hydrogen-bond acceptors (Lipinski definition) is 6. The molecule has 0 spiro atoms. The molecule has 3 rings (SSSR count). The lowest BCUT2D eigenvalue weighted by molar-refractivity contribution is 0.430. The van der Waals surface area contributed by atoms with Crippen LogP contribution in [0.4, 0.5) is 11.8 Å². The standard InChI is InChI=1S/C14H16N6O/c1-3-19(2)14-17-13(21-18-14)11-9-16-20(12(11)15)10-7-5-4-6-8-10/h4-9H,3,15H2,1-2H3. The molecule has 0 atom stereocenters. The normalized spacial score (nSPS) is 10.8. The first-order valence-electron chi connectivity index (χ1n) is 6.65. The van der Waals surface area contributed by atoms with Crippen molar-refractivity contribution in [1.29, 1.82) is 0 Å². The fourth-order valence-electron chi connectivity index (χ4n) is 1.92. The van der Waals surface area contributed by atoms with Gasteiger partial charge in [0, 0.05) is 13.6 Å². The van der Waals surface area contributed by atoms with Gasteiger partial charge < -0.3 is 15.2 Å².